The number of nitrogens with zero attached hydrogens (tertiary/aromatic N) is 4. The highest BCUT2D eigenvalue weighted by atomic mass is 16.4. The van der Waals surface area contributed by atoms with E-state index in [0.29, 0.717) is 22.6 Å². The third-order valence-electron chi connectivity index (χ3n) is 8.41. The van der Waals surface area contributed by atoms with Crippen LogP contribution in [-0.4, -0.2) is 47.7 Å². The molecule has 0 aliphatic carbocycles. The van der Waals surface area contributed by atoms with Crippen LogP contribution < -0.4 is 10.9 Å². The number of carboxylic acids is 1. The average Bonchev–Trinajstić information content (AvgIpc) is 3.52. The number of carboxylic acid groups (broad SMARTS) is 1. The van der Waals surface area contributed by atoms with Crippen molar-refractivity contribution in [3.8, 4) is 5.69 Å². The number of carbonyl (C=O) groups is 3. The third-order valence-corrected chi connectivity index (χ3v) is 8.41. The summed E-state index contributed by atoms with van der Waals surface area (Å²) in [7, 11) is 1.74. The van der Waals surface area contributed by atoms with Gasteiger partial charge in [-0.05, 0) is 36.8 Å². The van der Waals surface area contributed by atoms with Crippen molar-refractivity contribution in [3.05, 3.63) is 118 Å². The van der Waals surface area contributed by atoms with Crippen molar-refractivity contribution in [1.82, 2.24) is 24.6 Å². The minimum absolute atomic E-state index is 0.0456. The summed E-state index contributed by atoms with van der Waals surface area (Å²) >= 11 is 0. The van der Waals surface area contributed by atoms with Crippen LogP contribution in [0.25, 0.3) is 5.69 Å². The molecule has 2 aromatic heterocycles. The van der Waals surface area contributed by atoms with E-state index < -0.39 is 41.2 Å². The molecular weight excluding hydrogens is 522 g/mol. The van der Waals surface area contributed by atoms with Gasteiger partial charge in [-0.2, -0.15) is 0 Å². The summed E-state index contributed by atoms with van der Waals surface area (Å²) in [5.74, 6) is -4.68. The van der Waals surface area contributed by atoms with E-state index in [1.165, 1.54) is 4.68 Å². The number of hydrogen-bond acceptors (Lipinski definition) is 6. The number of nitrogens with one attached hydrogen (secondary N) is 1. The van der Waals surface area contributed by atoms with E-state index in [1.54, 1.807) is 79.4 Å². The highest BCUT2D eigenvalue weighted by Gasteiger charge is 2.69. The molecule has 4 heterocycles. The summed E-state index contributed by atoms with van der Waals surface area (Å²) in [6, 6.07) is 22.3. The number of aromatic nitrogens is 3. The maximum atomic E-state index is 14.1. The van der Waals surface area contributed by atoms with Gasteiger partial charge in [-0.25, -0.2) is 4.68 Å². The molecule has 2 aromatic carbocycles. The Bertz CT molecular complexity index is 1700. The number of amides is 2. The summed E-state index contributed by atoms with van der Waals surface area (Å²) in [5, 5.41) is 13.9. The van der Waals surface area contributed by atoms with Crippen LogP contribution in [0.4, 0.5) is 0 Å². The van der Waals surface area contributed by atoms with Gasteiger partial charge in [0.2, 0.25) is 11.8 Å². The van der Waals surface area contributed by atoms with Gasteiger partial charge in [-0.15, -0.1) is 0 Å². The number of hydrogen-bond donors (Lipinski definition) is 2. The van der Waals surface area contributed by atoms with E-state index in [0.717, 1.165) is 4.90 Å². The first-order chi connectivity index (χ1) is 19.7. The van der Waals surface area contributed by atoms with Crippen LogP contribution in [0.3, 0.4) is 0 Å². The Kier molecular flexibility index (Phi) is 6.42. The van der Waals surface area contributed by atoms with Crippen molar-refractivity contribution in [2.75, 3.05) is 0 Å². The van der Waals surface area contributed by atoms with Gasteiger partial charge >= 0.3 is 5.97 Å². The van der Waals surface area contributed by atoms with Crippen LogP contribution >= 0.6 is 0 Å². The molecule has 4 atom stereocenters. The molecule has 0 bridgehead atoms. The van der Waals surface area contributed by atoms with Crippen molar-refractivity contribution < 1.29 is 19.5 Å². The number of aliphatic carboxylic acids is 1. The second-order valence-corrected chi connectivity index (χ2v) is 10.6. The van der Waals surface area contributed by atoms with Crippen LogP contribution in [0, 0.1) is 18.8 Å². The maximum absolute atomic E-state index is 14.1. The number of pyridine rings is 1. The van der Waals surface area contributed by atoms with Gasteiger partial charge in [-0.1, -0.05) is 54.6 Å². The van der Waals surface area contributed by atoms with Gasteiger partial charge in [0, 0.05) is 25.4 Å². The SMILES string of the molecule is Cc1c(C2NC(Cc3ccccc3)(C(=O)O)C3C(=O)N(Cc4ccccn4)C(=O)C23)c(=O)n(-c2ccccc2)n1C. The lowest BCUT2D eigenvalue weighted by Gasteiger charge is -2.31. The number of para-hydroxylation sites is 1. The molecule has 4 aromatic rings. The number of benzene rings is 2. The van der Waals surface area contributed by atoms with Crippen molar-refractivity contribution in [2.45, 2.75) is 31.5 Å². The minimum Gasteiger partial charge on any atom is -0.480 e. The van der Waals surface area contributed by atoms with Crippen LogP contribution in [0.2, 0.25) is 0 Å². The molecular formula is C31H29N5O5. The lowest BCUT2D eigenvalue weighted by atomic mass is 9.76. The Morgan fingerprint density at radius 1 is 0.951 bits per heavy atom. The molecule has 0 radical (unpaired) electrons. The minimum atomic E-state index is -1.82. The Labute approximate surface area is 235 Å². The largest absolute Gasteiger partial charge is 0.480 e. The first kappa shape index (κ1) is 26.4. The van der Waals surface area contributed by atoms with E-state index in [-0.39, 0.29) is 24.1 Å². The molecule has 41 heavy (non-hydrogen) atoms. The predicted molar refractivity (Wildman–Crippen MR) is 149 cm³/mol. The molecule has 0 spiro atoms. The van der Waals surface area contributed by atoms with Crippen LogP contribution in [0.5, 0.6) is 0 Å². The fourth-order valence-corrected chi connectivity index (χ4v) is 6.42. The molecule has 2 aliphatic rings. The second-order valence-electron chi connectivity index (χ2n) is 10.6. The average molecular weight is 552 g/mol. The Hall–Kier alpha value is -4.83. The van der Waals surface area contributed by atoms with E-state index in [4.69, 9.17) is 0 Å². The van der Waals surface area contributed by atoms with E-state index in [2.05, 4.69) is 10.3 Å². The standard InChI is InChI=1S/C31H29N5O5/c1-19-23(28(38)36(34(19)2)22-14-7-4-8-15-22)26-24-25(29(39)35(27(24)37)18-21-13-9-10-16-32-21)31(33-26,30(40)41)17-20-11-5-3-6-12-20/h3-16,24-26,33H,17-18H2,1-2H3,(H,40,41). The number of imide groups is 1. The quantitative estimate of drug-likeness (QED) is 0.338. The molecule has 2 N–H and O–H groups in total. The fourth-order valence-electron chi connectivity index (χ4n) is 6.42. The van der Waals surface area contributed by atoms with Crippen molar-refractivity contribution in [3.63, 3.8) is 0 Å². The molecule has 2 amide bonds. The molecule has 4 unspecified atom stereocenters. The van der Waals surface area contributed by atoms with Gasteiger partial charge < -0.3 is 5.11 Å². The van der Waals surface area contributed by atoms with Crippen LogP contribution in [0.15, 0.2) is 89.9 Å². The lowest BCUT2D eigenvalue weighted by molar-refractivity contribution is -0.151. The summed E-state index contributed by atoms with van der Waals surface area (Å²) in [4.78, 5) is 60.7. The zero-order chi connectivity index (χ0) is 28.9. The number of carbonyl (C=O) groups excluding carboxylic acids is 2. The first-order valence-electron chi connectivity index (χ1n) is 13.4. The van der Waals surface area contributed by atoms with Crippen molar-refractivity contribution in [1.29, 1.82) is 0 Å². The maximum Gasteiger partial charge on any atom is 0.325 e. The lowest BCUT2D eigenvalue weighted by Crippen LogP contribution is -2.57. The Morgan fingerprint density at radius 3 is 2.24 bits per heavy atom. The molecule has 10 nitrogen and oxygen atoms in total. The summed E-state index contributed by atoms with van der Waals surface area (Å²) in [6.45, 7) is 1.68. The third kappa shape index (κ3) is 4.10. The molecule has 6 rings (SSSR count). The molecule has 2 saturated heterocycles. The Morgan fingerprint density at radius 2 is 1.61 bits per heavy atom. The normalized spacial score (nSPS) is 23.7. The topological polar surface area (TPSA) is 127 Å². The second kappa shape index (κ2) is 9.97. The van der Waals surface area contributed by atoms with E-state index in [1.807, 2.05) is 24.3 Å². The van der Waals surface area contributed by atoms with Gasteiger partial charge in [0.25, 0.3) is 5.56 Å². The van der Waals surface area contributed by atoms with Crippen molar-refractivity contribution in [2.24, 2.45) is 18.9 Å². The van der Waals surface area contributed by atoms with Gasteiger partial charge in [-0.3, -0.25) is 39.1 Å². The molecule has 2 aliphatic heterocycles. The van der Waals surface area contributed by atoms with E-state index >= 15 is 0 Å². The van der Waals surface area contributed by atoms with Crippen LogP contribution in [-0.2, 0) is 34.4 Å². The van der Waals surface area contributed by atoms with E-state index in [9.17, 15) is 24.3 Å². The van der Waals surface area contributed by atoms with Gasteiger partial charge in [0.05, 0.1) is 41.4 Å². The molecule has 2 fully saturated rings. The summed E-state index contributed by atoms with van der Waals surface area (Å²) in [6.07, 6.45) is 1.53. The molecule has 0 saturated carbocycles. The summed E-state index contributed by atoms with van der Waals surface area (Å²) in [5.41, 5.74) is 0.457. The number of rotatable bonds is 7. The van der Waals surface area contributed by atoms with Gasteiger partial charge in [0.1, 0.15) is 5.54 Å². The predicted octanol–water partition coefficient (Wildman–Crippen LogP) is 2.39. The highest BCUT2D eigenvalue weighted by Crippen LogP contribution is 2.50. The number of likely N-dealkylation sites (tertiary alicyclic amines) is 1. The smallest absolute Gasteiger partial charge is 0.325 e. The van der Waals surface area contributed by atoms with Crippen molar-refractivity contribution >= 4 is 17.8 Å². The monoisotopic (exact) mass is 551 g/mol. The van der Waals surface area contributed by atoms with Gasteiger partial charge in [0.15, 0.2) is 0 Å². The fraction of sp³-hybridized carbons (Fsp3) is 0.258. The highest BCUT2D eigenvalue weighted by molar-refractivity contribution is 6.09. The zero-order valence-corrected chi connectivity index (χ0v) is 22.6. The molecule has 10 heteroatoms. The number of fused-ring (bicyclic) bond motifs is 1. The van der Waals surface area contributed by atoms with Crippen LogP contribution in [0.1, 0.15) is 28.6 Å². The Balaban J connectivity index is 1.52. The first-order valence-corrected chi connectivity index (χ1v) is 13.4. The zero-order valence-electron chi connectivity index (χ0n) is 22.6. The molecule has 208 valence electrons. The summed E-state index contributed by atoms with van der Waals surface area (Å²) < 4.78 is 3.18.